The van der Waals surface area contributed by atoms with Gasteiger partial charge in [-0.15, -0.1) is 11.6 Å². The molecule has 1 fully saturated rings. The number of hydrogen-bond acceptors (Lipinski definition) is 2. The molecule has 0 amide bonds. The smallest absolute Gasteiger partial charge is 0.130 e. The first-order valence-corrected chi connectivity index (χ1v) is 8.19. The fourth-order valence-corrected chi connectivity index (χ4v) is 3.72. The molecule has 0 aliphatic carbocycles. The van der Waals surface area contributed by atoms with Crippen LogP contribution in [0.5, 0.6) is 5.75 Å². The molecule has 112 valence electrons. The van der Waals surface area contributed by atoms with Crippen LogP contribution in [-0.4, -0.2) is 17.3 Å². The lowest BCUT2D eigenvalue weighted by Gasteiger charge is -2.28. The molecule has 1 aromatic carbocycles. The standard InChI is InChI=1S/C16H22BrClO2/c1-10-6-12(17)7-11(9-18)14(10)19-13-8-15(2,3)20-16(13,4)5/h6-7,13H,8-9H2,1-5H3. The van der Waals surface area contributed by atoms with Crippen LogP contribution in [0.1, 0.15) is 45.2 Å². The number of benzene rings is 1. The van der Waals surface area contributed by atoms with Crippen molar-refractivity contribution in [3.63, 3.8) is 0 Å². The highest BCUT2D eigenvalue weighted by atomic mass is 79.9. The van der Waals surface area contributed by atoms with Crippen molar-refractivity contribution in [2.24, 2.45) is 0 Å². The quantitative estimate of drug-likeness (QED) is 0.687. The van der Waals surface area contributed by atoms with Crippen LogP contribution in [0.2, 0.25) is 0 Å². The Bertz CT molecular complexity index is 511. The van der Waals surface area contributed by atoms with Crippen molar-refractivity contribution in [1.29, 1.82) is 0 Å². The van der Waals surface area contributed by atoms with Crippen LogP contribution < -0.4 is 4.74 Å². The normalized spacial score (nSPS) is 23.9. The van der Waals surface area contributed by atoms with Gasteiger partial charge in [0.15, 0.2) is 0 Å². The Morgan fingerprint density at radius 3 is 2.50 bits per heavy atom. The maximum absolute atomic E-state index is 6.30. The van der Waals surface area contributed by atoms with Gasteiger partial charge in [0.1, 0.15) is 17.5 Å². The maximum Gasteiger partial charge on any atom is 0.130 e. The largest absolute Gasteiger partial charge is 0.487 e. The van der Waals surface area contributed by atoms with E-state index in [-0.39, 0.29) is 17.3 Å². The Balaban J connectivity index is 2.31. The third-order valence-electron chi connectivity index (χ3n) is 3.71. The molecule has 0 saturated carbocycles. The summed E-state index contributed by atoms with van der Waals surface area (Å²) >= 11 is 9.56. The minimum atomic E-state index is -0.299. The van der Waals surface area contributed by atoms with Gasteiger partial charge in [-0.25, -0.2) is 0 Å². The van der Waals surface area contributed by atoms with Gasteiger partial charge in [0, 0.05) is 16.5 Å². The van der Waals surface area contributed by atoms with Gasteiger partial charge in [0.05, 0.1) is 11.5 Å². The molecule has 0 spiro atoms. The summed E-state index contributed by atoms with van der Waals surface area (Å²) in [5.74, 6) is 1.33. The number of aryl methyl sites for hydroxylation is 1. The molecule has 1 heterocycles. The molecule has 1 aliphatic rings. The molecule has 1 saturated heterocycles. The van der Waals surface area contributed by atoms with Crippen molar-refractivity contribution in [3.05, 3.63) is 27.7 Å². The lowest BCUT2D eigenvalue weighted by molar-refractivity contribution is -0.0847. The Labute approximate surface area is 134 Å². The van der Waals surface area contributed by atoms with Crippen LogP contribution in [0.3, 0.4) is 0 Å². The molecule has 2 rings (SSSR count). The van der Waals surface area contributed by atoms with Gasteiger partial charge in [-0.3, -0.25) is 0 Å². The van der Waals surface area contributed by atoms with E-state index in [1.165, 1.54) is 0 Å². The van der Waals surface area contributed by atoms with Crippen LogP contribution in [0.15, 0.2) is 16.6 Å². The van der Waals surface area contributed by atoms with Crippen molar-refractivity contribution in [2.45, 2.75) is 64.2 Å². The molecule has 0 radical (unpaired) electrons. The minimum absolute atomic E-state index is 0.0272. The average molecular weight is 362 g/mol. The molecule has 1 aliphatic heterocycles. The molecule has 0 bridgehead atoms. The third kappa shape index (κ3) is 3.32. The number of hydrogen-bond donors (Lipinski definition) is 0. The maximum atomic E-state index is 6.30. The summed E-state index contributed by atoms with van der Waals surface area (Å²) in [6.07, 6.45) is 0.899. The monoisotopic (exact) mass is 360 g/mol. The van der Waals surface area contributed by atoms with E-state index in [0.717, 1.165) is 27.8 Å². The van der Waals surface area contributed by atoms with Gasteiger partial charge in [-0.1, -0.05) is 15.9 Å². The zero-order chi connectivity index (χ0) is 15.1. The minimum Gasteiger partial charge on any atom is -0.487 e. The highest BCUT2D eigenvalue weighted by Crippen LogP contribution is 2.41. The summed E-state index contributed by atoms with van der Waals surface area (Å²) in [7, 11) is 0. The zero-order valence-electron chi connectivity index (χ0n) is 12.7. The molecule has 1 unspecified atom stereocenters. The Hall–Kier alpha value is -0.250. The van der Waals surface area contributed by atoms with E-state index in [1.807, 2.05) is 13.0 Å². The number of ether oxygens (including phenoxy) is 2. The second-order valence-electron chi connectivity index (χ2n) is 6.62. The van der Waals surface area contributed by atoms with Gasteiger partial charge in [-0.05, 0) is 52.3 Å². The van der Waals surface area contributed by atoms with Crippen LogP contribution in [-0.2, 0) is 10.6 Å². The van der Waals surface area contributed by atoms with Gasteiger partial charge < -0.3 is 9.47 Å². The van der Waals surface area contributed by atoms with Crippen LogP contribution >= 0.6 is 27.5 Å². The van der Waals surface area contributed by atoms with Gasteiger partial charge in [0.25, 0.3) is 0 Å². The Morgan fingerprint density at radius 1 is 1.35 bits per heavy atom. The van der Waals surface area contributed by atoms with E-state index in [9.17, 15) is 0 Å². The van der Waals surface area contributed by atoms with Crippen molar-refractivity contribution in [3.8, 4) is 5.75 Å². The first-order valence-electron chi connectivity index (χ1n) is 6.86. The molecule has 0 aromatic heterocycles. The molecule has 0 N–H and O–H groups in total. The summed E-state index contributed by atoms with van der Waals surface area (Å²) in [6, 6.07) is 4.07. The van der Waals surface area contributed by atoms with Gasteiger partial charge >= 0.3 is 0 Å². The van der Waals surface area contributed by atoms with E-state index in [4.69, 9.17) is 21.1 Å². The zero-order valence-corrected chi connectivity index (χ0v) is 15.1. The van der Waals surface area contributed by atoms with Crippen molar-refractivity contribution < 1.29 is 9.47 Å². The fourth-order valence-electron chi connectivity index (χ4n) is 2.90. The third-order valence-corrected chi connectivity index (χ3v) is 4.46. The molecule has 2 nitrogen and oxygen atoms in total. The number of alkyl halides is 1. The van der Waals surface area contributed by atoms with Gasteiger partial charge in [0.2, 0.25) is 0 Å². The Morgan fingerprint density at radius 2 is 2.00 bits per heavy atom. The van der Waals surface area contributed by atoms with E-state index < -0.39 is 0 Å². The molecule has 1 aromatic rings. The van der Waals surface area contributed by atoms with Crippen LogP contribution in [0.25, 0.3) is 0 Å². The highest BCUT2D eigenvalue weighted by molar-refractivity contribution is 9.10. The molecular formula is C16H22BrClO2. The van der Waals surface area contributed by atoms with Crippen LogP contribution in [0, 0.1) is 6.92 Å². The van der Waals surface area contributed by atoms with E-state index in [1.54, 1.807) is 0 Å². The second-order valence-corrected chi connectivity index (χ2v) is 7.80. The van der Waals surface area contributed by atoms with E-state index in [2.05, 4.69) is 49.7 Å². The topological polar surface area (TPSA) is 18.5 Å². The van der Waals surface area contributed by atoms with Crippen molar-refractivity contribution in [1.82, 2.24) is 0 Å². The Kier molecular flexibility index (Phi) is 4.44. The average Bonchev–Trinajstić information content (AvgIpc) is 2.49. The highest BCUT2D eigenvalue weighted by Gasteiger charge is 2.47. The van der Waals surface area contributed by atoms with Crippen LogP contribution in [0.4, 0.5) is 0 Å². The second kappa shape index (κ2) is 5.51. The summed E-state index contributed by atoms with van der Waals surface area (Å²) < 4.78 is 13.4. The fraction of sp³-hybridized carbons (Fsp3) is 0.625. The molecule has 4 heteroatoms. The predicted molar refractivity (Wildman–Crippen MR) is 86.7 cm³/mol. The molecule has 1 atom stereocenters. The van der Waals surface area contributed by atoms with E-state index >= 15 is 0 Å². The van der Waals surface area contributed by atoms with Crippen molar-refractivity contribution >= 4 is 27.5 Å². The summed E-state index contributed by atoms with van der Waals surface area (Å²) in [5, 5.41) is 0. The summed E-state index contributed by atoms with van der Waals surface area (Å²) in [6.45, 7) is 10.4. The SMILES string of the molecule is Cc1cc(Br)cc(CCl)c1OC1CC(C)(C)OC1(C)C. The lowest BCUT2D eigenvalue weighted by Crippen LogP contribution is -2.37. The predicted octanol–water partition coefficient (Wildman–Crippen LogP) is 5.22. The van der Waals surface area contributed by atoms with E-state index in [0.29, 0.717) is 5.88 Å². The van der Waals surface area contributed by atoms with Crippen molar-refractivity contribution in [2.75, 3.05) is 0 Å². The molecule has 20 heavy (non-hydrogen) atoms. The lowest BCUT2D eigenvalue weighted by atomic mass is 9.97. The first-order chi connectivity index (χ1) is 9.14. The summed E-state index contributed by atoms with van der Waals surface area (Å²) in [5.41, 5.74) is 1.65. The number of rotatable bonds is 3. The molecular weight excluding hydrogens is 340 g/mol. The number of halogens is 2. The van der Waals surface area contributed by atoms with Gasteiger partial charge in [-0.2, -0.15) is 0 Å². The first kappa shape index (κ1) is 16.1. The summed E-state index contributed by atoms with van der Waals surface area (Å²) in [4.78, 5) is 0.